The highest BCUT2D eigenvalue weighted by molar-refractivity contribution is 6.26. The largest absolute Gasteiger partial charge is 0.371 e. The van der Waals surface area contributed by atoms with E-state index < -0.39 is 4.87 Å². The molecule has 21 heavy (non-hydrogen) atoms. The van der Waals surface area contributed by atoms with Crippen LogP contribution in [0.25, 0.3) is 0 Å². The lowest BCUT2D eigenvalue weighted by atomic mass is 9.73. The van der Waals surface area contributed by atoms with Crippen molar-refractivity contribution in [1.82, 2.24) is 5.32 Å². The number of allylic oxidation sites excluding steroid dienone is 3. The first-order valence-corrected chi connectivity index (χ1v) is 8.10. The molecule has 0 bridgehead atoms. The van der Waals surface area contributed by atoms with Gasteiger partial charge in [-0.3, -0.25) is 4.99 Å². The van der Waals surface area contributed by atoms with Crippen molar-refractivity contribution in [3.05, 3.63) is 23.8 Å². The molecule has 0 saturated heterocycles. The maximum Gasteiger partial charge on any atom is 0.114 e. The van der Waals surface area contributed by atoms with Crippen LogP contribution in [0.15, 0.2) is 28.8 Å². The fourth-order valence-corrected chi connectivity index (χ4v) is 4.28. The molecular weight excluding hydrogens is 305 g/mol. The highest BCUT2D eigenvalue weighted by atomic mass is 35.5. The fraction of sp³-hybridized carbons (Fsp3) is 0.688. The van der Waals surface area contributed by atoms with Gasteiger partial charge in [0.15, 0.2) is 0 Å². The van der Waals surface area contributed by atoms with Gasteiger partial charge < -0.3 is 11.1 Å². The van der Waals surface area contributed by atoms with Crippen LogP contribution in [0.2, 0.25) is 0 Å². The lowest BCUT2D eigenvalue weighted by Crippen LogP contribution is -2.51. The normalized spacial score (nSPS) is 34.0. The summed E-state index contributed by atoms with van der Waals surface area (Å²) in [6.07, 6.45) is 11.7. The van der Waals surface area contributed by atoms with Gasteiger partial charge in [0.1, 0.15) is 5.84 Å². The Balaban J connectivity index is 0.00000161. The van der Waals surface area contributed by atoms with Crippen molar-refractivity contribution in [3.63, 3.8) is 0 Å². The first-order valence-electron chi connectivity index (χ1n) is 7.72. The van der Waals surface area contributed by atoms with Gasteiger partial charge in [-0.25, -0.2) is 0 Å². The van der Waals surface area contributed by atoms with Crippen LogP contribution in [0.5, 0.6) is 0 Å². The van der Waals surface area contributed by atoms with E-state index in [1.807, 2.05) is 0 Å². The van der Waals surface area contributed by atoms with Crippen molar-refractivity contribution in [3.8, 4) is 0 Å². The van der Waals surface area contributed by atoms with Gasteiger partial charge in [0.05, 0.1) is 17.5 Å². The Morgan fingerprint density at radius 2 is 2.14 bits per heavy atom. The summed E-state index contributed by atoms with van der Waals surface area (Å²) < 4.78 is 0. The number of nitrogens with zero attached hydrogens (tertiary/aromatic N) is 1. The summed E-state index contributed by atoms with van der Waals surface area (Å²) >= 11 is 6.98. The molecule has 5 heteroatoms. The van der Waals surface area contributed by atoms with Crippen molar-refractivity contribution in [1.29, 1.82) is 0 Å². The van der Waals surface area contributed by atoms with Crippen molar-refractivity contribution < 1.29 is 0 Å². The Bertz CT molecular complexity index is 462. The molecule has 3 atom stereocenters. The summed E-state index contributed by atoms with van der Waals surface area (Å²) in [5, 5.41) is 3.29. The molecule has 3 N–H and O–H groups in total. The second kappa shape index (κ2) is 6.72. The van der Waals surface area contributed by atoms with E-state index in [0.717, 1.165) is 18.9 Å². The van der Waals surface area contributed by atoms with Crippen LogP contribution in [-0.2, 0) is 0 Å². The van der Waals surface area contributed by atoms with Crippen LogP contribution < -0.4 is 11.1 Å². The average Bonchev–Trinajstić information content (AvgIpc) is 3.10. The molecular formula is C16H25Cl2N3. The molecule has 0 spiro atoms. The molecule has 0 aromatic carbocycles. The maximum atomic E-state index is 6.98. The Labute approximate surface area is 138 Å². The zero-order valence-electron chi connectivity index (χ0n) is 12.5. The van der Waals surface area contributed by atoms with E-state index >= 15 is 0 Å². The van der Waals surface area contributed by atoms with Crippen LogP contribution in [0.4, 0.5) is 0 Å². The molecule has 2 aliphatic carbocycles. The summed E-state index contributed by atoms with van der Waals surface area (Å²) in [5.41, 5.74) is 7.81. The maximum absolute atomic E-state index is 6.98. The summed E-state index contributed by atoms with van der Waals surface area (Å²) in [7, 11) is 0. The predicted molar refractivity (Wildman–Crippen MR) is 92.5 cm³/mol. The van der Waals surface area contributed by atoms with Gasteiger partial charge in [0.25, 0.3) is 0 Å². The van der Waals surface area contributed by atoms with Crippen molar-refractivity contribution in [2.45, 2.75) is 43.5 Å². The van der Waals surface area contributed by atoms with E-state index in [1.165, 1.54) is 31.3 Å². The minimum atomic E-state index is -0.393. The molecule has 3 nitrogen and oxygen atoms in total. The fourth-order valence-electron chi connectivity index (χ4n) is 3.85. The topological polar surface area (TPSA) is 50.4 Å². The minimum absolute atomic E-state index is 0. The van der Waals surface area contributed by atoms with Crippen LogP contribution >= 0.6 is 24.0 Å². The van der Waals surface area contributed by atoms with Gasteiger partial charge in [0, 0.05) is 12.5 Å². The van der Waals surface area contributed by atoms with Crippen molar-refractivity contribution in [2.75, 3.05) is 13.1 Å². The highest BCUT2D eigenvalue weighted by Gasteiger charge is 2.43. The average molecular weight is 330 g/mol. The number of nitrogens with one attached hydrogen (secondary N) is 1. The number of hydrogen-bond donors (Lipinski definition) is 2. The first-order chi connectivity index (χ1) is 9.60. The van der Waals surface area contributed by atoms with E-state index in [-0.39, 0.29) is 24.4 Å². The zero-order valence-corrected chi connectivity index (χ0v) is 14.1. The number of nitrogens with two attached hydrogens (primary N) is 1. The van der Waals surface area contributed by atoms with Gasteiger partial charge >= 0.3 is 0 Å². The third kappa shape index (κ3) is 3.15. The Morgan fingerprint density at radius 1 is 1.43 bits per heavy atom. The molecule has 1 saturated carbocycles. The second-order valence-electron chi connectivity index (χ2n) is 6.31. The lowest BCUT2D eigenvalue weighted by molar-refractivity contribution is 0.434. The van der Waals surface area contributed by atoms with Gasteiger partial charge in [-0.15, -0.1) is 24.0 Å². The number of aliphatic imine (C=N–C) groups is 1. The number of alkyl halides is 1. The van der Waals surface area contributed by atoms with Crippen LogP contribution in [0, 0.1) is 11.8 Å². The molecule has 1 heterocycles. The molecule has 1 fully saturated rings. The van der Waals surface area contributed by atoms with E-state index in [1.54, 1.807) is 0 Å². The molecule has 0 radical (unpaired) electrons. The quantitative estimate of drug-likeness (QED) is 0.782. The van der Waals surface area contributed by atoms with Gasteiger partial charge in [-0.05, 0) is 31.3 Å². The molecule has 3 aliphatic rings. The number of halogens is 2. The molecule has 3 rings (SSSR count). The lowest BCUT2D eigenvalue weighted by Gasteiger charge is -2.40. The van der Waals surface area contributed by atoms with Crippen LogP contribution in [0.3, 0.4) is 0 Å². The third-order valence-electron chi connectivity index (χ3n) is 4.98. The van der Waals surface area contributed by atoms with Crippen LogP contribution in [0.1, 0.15) is 32.6 Å². The van der Waals surface area contributed by atoms with E-state index in [9.17, 15) is 0 Å². The second-order valence-corrected chi connectivity index (χ2v) is 7.09. The van der Waals surface area contributed by atoms with Crippen molar-refractivity contribution >= 4 is 29.8 Å². The van der Waals surface area contributed by atoms with Gasteiger partial charge in [0.2, 0.25) is 0 Å². The molecule has 3 unspecified atom stereocenters. The van der Waals surface area contributed by atoms with Crippen molar-refractivity contribution in [2.24, 2.45) is 22.6 Å². The van der Waals surface area contributed by atoms with E-state index in [2.05, 4.69) is 35.5 Å². The standard InChI is InChI=1S/C16H24ClN3.ClH/c1-16(17)12(11-5-2-3-6-11)7-4-8-13(16)14(18)15-19-9-10-20-15;/h4,7-8,11,13-14H,2-3,5-6,9-10,18H2,1H3,(H,19,20);1H. The predicted octanol–water partition coefficient (Wildman–Crippen LogP) is 3.04. The summed E-state index contributed by atoms with van der Waals surface area (Å²) in [5.74, 6) is 1.66. The molecule has 1 aliphatic heterocycles. The van der Waals surface area contributed by atoms with Gasteiger partial charge in [-0.2, -0.15) is 0 Å². The molecule has 0 aromatic rings. The SMILES string of the molecule is CC1(Cl)C(C2CCCC2)=CC=CC1C(N)C1=NCCN1.Cl. The van der Waals surface area contributed by atoms with Gasteiger partial charge in [-0.1, -0.05) is 31.1 Å². The summed E-state index contributed by atoms with van der Waals surface area (Å²) in [6, 6.07) is -0.138. The number of hydrogen-bond acceptors (Lipinski definition) is 3. The Morgan fingerprint density at radius 3 is 2.76 bits per heavy atom. The monoisotopic (exact) mass is 329 g/mol. The number of amidine groups is 1. The summed E-state index contributed by atoms with van der Waals surface area (Å²) in [4.78, 5) is 4.07. The minimum Gasteiger partial charge on any atom is -0.371 e. The summed E-state index contributed by atoms with van der Waals surface area (Å²) in [6.45, 7) is 3.84. The zero-order chi connectivity index (χ0) is 14.2. The Kier molecular flexibility index (Phi) is 5.39. The smallest absolute Gasteiger partial charge is 0.114 e. The molecule has 118 valence electrons. The van der Waals surface area contributed by atoms with E-state index in [4.69, 9.17) is 17.3 Å². The highest BCUT2D eigenvalue weighted by Crippen LogP contribution is 2.46. The molecule has 0 amide bonds. The van der Waals surface area contributed by atoms with Crippen LogP contribution in [-0.4, -0.2) is 29.8 Å². The Hall–Kier alpha value is -0.510. The first kappa shape index (κ1) is 16.9. The van der Waals surface area contributed by atoms with E-state index in [0.29, 0.717) is 5.92 Å². The molecule has 0 aromatic heterocycles. The third-order valence-corrected chi connectivity index (χ3v) is 5.45. The number of rotatable bonds is 3.